The van der Waals surface area contributed by atoms with E-state index in [2.05, 4.69) is 10.3 Å². The molecule has 1 atom stereocenters. The number of carbonyl (C=O) groups excluding carboxylic acids is 1. The SMILES string of the molecule is CN1c2c(ccnc2OCC2(S(=O)(=O)C3(C)COC3)CC2)C=C(C(=O)NCc2ccc(C#N)cc2)C1O. The summed E-state index contributed by atoms with van der Waals surface area (Å²) in [5, 5.41) is 22.6. The van der Waals surface area contributed by atoms with Crippen LogP contribution in [0.4, 0.5) is 5.69 Å². The van der Waals surface area contributed by atoms with Crippen molar-refractivity contribution in [2.45, 2.75) is 42.0 Å². The van der Waals surface area contributed by atoms with Crippen molar-refractivity contribution in [3.05, 3.63) is 58.8 Å². The lowest BCUT2D eigenvalue weighted by Gasteiger charge is -2.40. The predicted molar refractivity (Wildman–Crippen MR) is 135 cm³/mol. The van der Waals surface area contributed by atoms with Gasteiger partial charge in [0.1, 0.15) is 21.8 Å². The molecular formula is C26H28N4O6S. The highest BCUT2D eigenvalue weighted by Crippen LogP contribution is 2.50. The number of aliphatic hydroxyl groups excluding tert-OH is 1. The molecule has 1 aromatic carbocycles. The van der Waals surface area contributed by atoms with E-state index in [1.165, 1.54) is 11.1 Å². The van der Waals surface area contributed by atoms with Crippen LogP contribution in [0.2, 0.25) is 0 Å². The Balaban J connectivity index is 1.32. The third kappa shape index (κ3) is 4.25. The van der Waals surface area contributed by atoms with Crippen LogP contribution in [0, 0.1) is 11.3 Å². The van der Waals surface area contributed by atoms with Crippen LogP contribution in [0.3, 0.4) is 0 Å². The van der Waals surface area contributed by atoms with Gasteiger partial charge in [-0.1, -0.05) is 12.1 Å². The molecule has 2 aromatic rings. The molecule has 1 amide bonds. The summed E-state index contributed by atoms with van der Waals surface area (Å²) in [5.41, 5.74) is 2.60. The minimum absolute atomic E-state index is 0.0417. The van der Waals surface area contributed by atoms with Crippen molar-refractivity contribution < 1.29 is 27.8 Å². The lowest BCUT2D eigenvalue weighted by molar-refractivity contribution is -0.118. The molecule has 1 aromatic heterocycles. The van der Waals surface area contributed by atoms with Gasteiger partial charge in [-0.3, -0.25) is 4.79 Å². The van der Waals surface area contributed by atoms with Crippen molar-refractivity contribution in [2.75, 3.05) is 31.8 Å². The summed E-state index contributed by atoms with van der Waals surface area (Å²) in [7, 11) is -1.86. The van der Waals surface area contributed by atoms with Crippen molar-refractivity contribution in [1.82, 2.24) is 10.3 Å². The molecule has 11 heteroatoms. The monoisotopic (exact) mass is 524 g/mol. The summed E-state index contributed by atoms with van der Waals surface area (Å²) in [6, 6.07) is 10.6. The second-order valence-electron chi connectivity index (χ2n) is 10.0. The maximum Gasteiger partial charge on any atom is 0.252 e. The first-order chi connectivity index (χ1) is 17.6. The van der Waals surface area contributed by atoms with Gasteiger partial charge in [0.05, 0.1) is 30.4 Å². The van der Waals surface area contributed by atoms with E-state index in [1.807, 2.05) is 6.07 Å². The summed E-state index contributed by atoms with van der Waals surface area (Å²) >= 11 is 0. The average molecular weight is 525 g/mol. The molecule has 37 heavy (non-hydrogen) atoms. The Morgan fingerprint density at radius 2 is 2.00 bits per heavy atom. The minimum Gasteiger partial charge on any atom is -0.474 e. The summed E-state index contributed by atoms with van der Waals surface area (Å²) < 4.78 is 35.8. The molecule has 0 radical (unpaired) electrons. The fraction of sp³-hybridized carbons (Fsp3) is 0.423. The van der Waals surface area contributed by atoms with Gasteiger partial charge in [0, 0.05) is 25.4 Å². The first kappa shape index (κ1) is 25.2. The van der Waals surface area contributed by atoms with E-state index in [4.69, 9.17) is 14.7 Å². The molecule has 2 N–H and O–H groups in total. The van der Waals surface area contributed by atoms with Gasteiger partial charge in [-0.05, 0) is 49.6 Å². The van der Waals surface area contributed by atoms with Gasteiger partial charge < -0.3 is 24.8 Å². The second-order valence-corrected chi connectivity index (χ2v) is 12.9. The molecule has 3 aliphatic rings. The highest BCUT2D eigenvalue weighted by Gasteiger charge is 2.64. The number of fused-ring (bicyclic) bond motifs is 1. The molecule has 3 heterocycles. The molecule has 2 aliphatic heterocycles. The van der Waals surface area contributed by atoms with Crippen molar-refractivity contribution in [2.24, 2.45) is 0 Å². The first-order valence-electron chi connectivity index (χ1n) is 11.9. The number of hydrogen-bond acceptors (Lipinski definition) is 9. The molecule has 2 fully saturated rings. The van der Waals surface area contributed by atoms with Crippen LogP contribution < -0.4 is 15.0 Å². The fourth-order valence-electron chi connectivity index (χ4n) is 4.66. The topological polar surface area (TPSA) is 142 Å². The number of benzene rings is 1. The van der Waals surface area contributed by atoms with Crippen LogP contribution in [-0.4, -0.2) is 67.0 Å². The van der Waals surface area contributed by atoms with Crippen molar-refractivity contribution in [3.8, 4) is 11.9 Å². The Morgan fingerprint density at radius 1 is 1.30 bits per heavy atom. The number of anilines is 1. The normalized spacial score (nSPS) is 21.1. The van der Waals surface area contributed by atoms with Crippen LogP contribution >= 0.6 is 0 Å². The van der Waals surface area contributed by atoms with E-state index < -0.39 is 31.5 Å². The first-order valence-corrected chi connectivity index (χ1v) is 13.4. The van der Waals surface area contributed by atoms with Crippen LogP contribution in [0.15, 0.2) is 42.1 Å². The van der Waals surface area contributed by atoms with E-state index in [0.717, 1.165) is 5.56 Å². The van der Waals surface area contributed by atoms with E-state index in [1.54, 1.807) is 50.4 Å². The molecule has 10 nitrogen and oxygen atoms in total. The Bertz CT molecular complexity index is 1410. The highest BCUT2D eigenvalue weighted by molar-refractivity contribution is 7.94. The summed E-state index contributed by atoms with van der Waals surface area (Å²) in [5.74, 6) is -0.239. The lowest BCUT2D eigenvalue weighted by atomic mass is 10.0. The highest BCUT2D eigenvalue weighted by atomic mass is 32.2. The summed E-state index contributed by atoms with van der Waals surface area (Å²) in [4.78, 5) is 18.7. The van der Waals surface area contributed by atoms with E-state index >= 15 is 0 Å². The number of nitrogens with zero attached hydrogens (tertiary/aromatic N) is 3. The Kier molecular flexibility index (Phi) is 6.22. The molecular weight excluding hydrogens is 496 g/mol. The van der Waals surface area contributed by atoms with Crippen LogP contribution in [-0.2, 0) is 25.9 Å². The summed E-state index contributed by atoms with van der Waals surface area (Å²) in [6.45, 7) is 2.27. The Hall–Kier alpha value is -3.46. The lowest BCUT2D eigenvalue weighted by Crippen LogP contribution is -2.58. The van der Waals surface area contributed by atoms with Crippen molar-refractivity contribution >= 4 is 27.5 Å². The fourth-order valence-corrected chi connectivity index (χ4v) is 7.04. The van der Waals surface area contributed by atoms with Gasteiger partial charge in [-0.2, -0.15) is 5.26 Å². The number of nitrogens with one attached hydrogen (secondary N) is 1. The van der Waals surface area contributed by atoms with Crippen LogP contribution in [0.25, 0.3) is 6.08 Å². The second kappa shape index (κ2) is 9.13. The van der Waals surface area contributed by atoms with Gasteiger partial charge >= 0.3 is 0 Å². The van der Waals surface area contributed by atoms with Gasteiger partial charge in [-0.15, -0.1) is 0 Å². The average Bonchev–Trinajstić information content (AvgIpc) is 3.68. The number of nitriles is 1. The zero-order chi connectivity index (χ0) is 26.4. The largest absolute Gasteiger partial charge is 0.474 e. The molecule has 0 bridgehead atoms. The van der Waals surface area contributed by atoms with Crippen molar-refractivity contribution in [1.29, 1.82) is 5.26 Å². The zero-order valence-electron chi connectivity index (χ0n) is 20.6. The number of aromatic nitrogens is 1. The van der Waals surface area contributed by atoms with Crippen LogP contribution in [0.5, 0.6) is 5.88 Å². The number of likely N-dealkylation sites (N-methyl/N-ethyl adjacent to an activating group) is 1. The number of ether oxygens (including phenoxy) is 2. The molecule has 5 rings (SSSR count). The molecule has 1 unspecified atom stereocenters. The molecule has 194 valence electrons. The molecule has 1 aliphatic carbocycles. The van der Waals surface area contributed by atoms with Gasteiger partial charge in [0.2, 0.25) is 5.88 Å². The molecule has 1 saturated carbocycles. The van der Waals surface area contributed by atoms with E-state index in [-0.39, 0.29) is 37.8 Å². The standard InChI is InChI=1S/C26H28N4O6S/c1-25(14-35-15-25)37(33,34)26(8-9-26)16-36-23-21-19(7-10-28-23)11-20(24(32)30(21)2)22(31)29-13-18-5-3-17(12-27)4-6-18/h3-7,10-11,24,32H,8-9,13-16H2,1-2H3,(H,29,31). The van der Waals surface area contributed by atoms with Gasteiger partial charge in [-0.25, -0.2) is 13.4 Å². The number of carbonyl (C=O) groups is 1. The number of sulfone groups is 1. The minimum atomic E-state index is -3.48. The molecule has 1 saturated heterocycles. The number of pyridine rings is 1. The van der Waals surface area contributed by atoms with Gasteiger partial charge in [0.15, 0.2) is 16.1 Å². The number of rotatable bonds is 8. The van der Waals surface area contributed by atoms with Crippen molar-refractivity contribution in [3.63, 3.8) is 0 Å². The Labute approximate surface area is 215 Å². The quantitative estimate of drug-likeness (QED) is 0.526. The van der Waals surface area contributed by atoms with E-state index in [9.17, 15) is 18.3 Å². The summed E-state index contributed by atoms with van der Waals surface area (Å²) in [6.07, 6.45) is 2.88. The zero-order valence-corrected chi connectivity index (χ0v) is 21.4. The number of hydrogen-bond donors (Lipinski definition) is 2. The Morgan fingerprint density at radius 3 is 2.59 bits per heavy atom. The third-order valence-corrected chi connectivity index (χ3v) is 10.5. The van der Waals surface area contributed by atoms with E-state index in [0.29, 0.717) is 29.7 Å². The maximum atomic E-state index is 13.3. The smallest absolute Gasteiger partial charge is 0.252 e. The maximum absolute atomic E-state index is 13.3. The molecule has 0 spiro atoms. The number of aliphatic hydroxyl groups is 1. The predicted octanol–water partition coefficient (Wildman–Crippen LogP) is 1.54. The van der Waals surface area contributed by atoms with Gasteiger partial charge in [0.25, 0.3) is 5.91 Å². The third-order valence-electron chi connectivity index (χ3n) is 7.34. The number of amides is 1. The van der Waals surface area contributed by atoms with Crippen LogP contribution in [0.1, 0.15) is 36.5 Å².